The molecular weight excluding hydrogens is 210 g/mol. The van der Waals surface area contributed by atoms with Gasteiger partial charge >= 0.3 is 0 Å². The van der Waals surface area contributed by atoms with E-state index in [1.54, 1.807) is 0 Å². The first-order valence-electron chi connectivity index (χ1n) is 6.11. The maximum absolute atomic E-state index is 9.84. The monoisotopic (exact) mass is 235 g/mol. The fourth-order valence-electron chi connectivity index (χ4n) is 2.72. The molecule has 0 heterocycles. The van der Waals surface area contributed by atoms with Gasteiger partial charge in [-0.3, -0.25) is 0 Å². The predicted molar refractivity (Wildman–Crippen MR) is 73.5 cm³/mol. The van der Waals surface area contributed by atoms with E-state index in [0.29, 0.717) is 11.8 Å². The van der Waals surface area contributed by atoms with Crippen LogP contribution in [-0.4, -0.2) is 24.1 Å². The van der Waals surface area contributed by atoms with Gasteiger partial charge in [0.2, 0.25) is 0 Å². The van der Waals surface area contributed by atoms with Crippen LogP contribution in [0.2, 0.25) is 0 Å². The molecule has 1 rings (SSSR count). The minimum Gasteiger partial charge on any atom is -0.507 e. The number of aryl methyl sites for hydroxylation is 2. The van der Waals surface area contributed by atoms with Crippen LogP contribution < -0.4 is 0 Å². The molecule has 2 heteroatoms. The van der Waals surface area contributed by atoms with Crippen molar-refractivity contribution in [1.82, 2.24) is 4.90 Å². The average Bonchev–Trinajstić information content (AvgIpc) is 2.10. The van der Waals surface area contributed by atoms with Gasteiger partial charge in [0.1, 0.15) is 5.75 Å². The summed E-state index contributed by atoms with van der Waals surface area (Å²) < 4.78 is 0. The van der Waals surface area contributed by atoms with Crippen molar-refractivity contribution >= 4 is 0 Å². The van der Waals surface area contributed by atoms with Gasteiger partial charge in [-0.25, -0.2) is 0 Å². The van der Waals surface area contributed by atoms with Crippen molar-refractivity contribution in [3.8, 4) is 5.75 Å². The van der Waals surface area contributed by atoms with Crippen LogP contribution in [0.3, 0.4) is 0 Å². The summed E-state index contributed by atoms with van der Waals surface area (Å²) in [4.78, 5) is 2.24. The zero-order valence-corrected chi connectivity index (χ0v) is 12.1. The number of nitrogens with zero attached hydrogens (tertiary/aromatic N) is 1. The minimum atomic E-state index is 0.166. The Morgan fingerprint density at radius 1 is 1.06 bits per heavy atom. The minimum absolute atomic E-state index is 0.166. The Morgan fingerprint density at radius 2 is 1.47 bits per heavy atom. The van der Waals surface area contributed by atoms with Crippen molar-refractivity contribution < 1.29 is 5.11 Å². The number of hydrogen-bond acceptors (Lipinski definition) is 2. The normalized spacial score (nSPS) is 14.1. The zero-order chi connectivity index (χ0) is 13.4. The highest BCUT2D eigenvalue weighted by atomic mass is 16.3. The number of benzene rings is 1. The third-order valence-corrected chi connectivity index (χ3v) is 3.17. The van der Waals surface area contributed by atoms with Crippen LogP contribution in [0.1, 0.15) is 43.5 Å². The van der Waals surface area contributed by atoms with E-state index < -0.39 is 0 Å². The molecule has 0 aromatic heterocycles. The molecule has 0 fully saturated rings. The second-order valence-electron chi connectivity index (χ2n) is 6.24. The molecule has 0 spiro atoms. The topological polar surface area (TPSA) is 23.5 Å². The average molecular weight is 235 g/mol. The first-order valence-corrected chi connectivity index (χ1v) is 6.11. The summed E-state index contributed by atoms with van der Waals surface area (Å²) >= 11 is 0. The Kier molecular flexibility index (Phi) is 3.88. The van der Waals surface area contributed by atoms with E-state index in [0.717, 1.165) is 11.1 Å². The molecule has 1 N–H and O–H groups in total. The lowest BCUT2D eigenvalue weighted by atomic mass is 9.80. The Labute approximate surface area is 105 Å². The molecule has 0 aliphatic heterocycles. The first-order chi connectivity index (χ1) is 7.64. The summed E-state index contributed by atoms with van der Waals surface area (Å²) in [6.07, 6.45) is 0. The lowest BCUT2D eigenvalue weighted by Gasteiger charge is -2.37. The predicted octanol–water partition coefficient (Wildman–Crippen LogP) is 3.66. The van der Waals surface area contributed by atoms with Crippen molar-refractivity contribution in [3.05, 3.63) is 28.8 Å². The van der Waals surface area contributed by atoms with Gasteiger partial charge in [-0.1, -0.05) is 32.9 Å². The molecule has 1 unspecified atom stereocenters. The standard InChI is InChI=1S/C15H25NO/c1-10-8-12(9-11(2)13(10)17)14(16(6)7)15(3,4)5/h8-9,14,17H,1-7H3. The maximum atomic E-state index is 9.84. The van der Waals surface area contributed by atoms with E-state index in [1.165, 1.54) is 5.56 Å². The number of phenols is 1. The van der Waals surface area contributed by atoms with Gasteiger partial charge in [-0.15, -0.1) is 0 Å². The number of phenolic OH excluding ortho intramolecular Hbond substituents is 1. The second kappa shape index (κ2) is 4.69. The van der Waals surface area contributed by atoms with Crippen molar-refractivity contribution in [2.24, 2.45) is 5.41 Å². The van der Waals surface area contributed by atoms with Crippen molar-refractivity contribution in [1.29, 1.82) is 0 Å². The fourth-order valence-corrected chi connectivity index (χ4v) is 2.72. The van der Waals surface area contributed by atoms with Gasteiger partial charge in [0, 0.05) is 6.04 Å². The van der Waals surface area contributed by atoms with E-state index in [9.17, 15) is 5.11 Å². The van der Waals surface area contributed by atoms with Crippen LogP contribution >= 0.6 is 0 Å². The molecule has 0 aliphatic rings. The smallest absolute Gasteiger partial charge is 0.121 e. The summed E-state index contributed by atoms with van der Waals surface area (Å²) in [6.45, 7) is 10.7. The van der Waals surface area contributed by atoms with Gasteiger partial charge in [0.15, 0.2) is 0 Å². The van der Waals surface area contributed by atoms with E-state index in [2.05, 4.69) is 51.9 Å². The summed E-state index contributed by atoms with van der Waals surface area (Å²) in [5.41, 5.74) is 3.35. The van der Waals surface area contributed by atoms with E-state index in [1.807, 2.05) is 13.8 Å². The summed E-state index contributed by atoms with van der Waals surface area (Å²) in [5.74, 6) is 0.417. The molecule has 0 saturated heterocycles. The number of aromatic hydroxyl groups is 1. The Bertz CT molecular complexity index is 379. The molecule has 17 heavy (non-hydrogen) atoms. The highest BCUT2D eigenvalue weighted by Crippen LogP contribution is 2.38. The largest absolute Gasteiger partial charge is 0.507 e. The number of hydrogen-bond donors (Lipinski definition) is 1. The van der Waals surface area contributed by atoms with Gasteiger partial charge in [0.05, 0.1) is 0 Å². The molecule has 2 nitrogen and oxygen atoms in total. The van der Waals surface area contributed by atoms with Gasteiger partial charge in [-0.2, -0.15) is 0 Å². The van der Waals surface area contributed by atoms with Crippen molar-refractivity contribution in [2.75, 3.05) is 14.1 Å². The zero-order valence-electron chi connectivity index (χ0n) is 12.1. The van der Waals surface area contributed by atoms with Crippen LogP contribution in [0.5, 0.6) is 5.75 Å². The molecule has 0 bridgehead atoms. The second-order valence-corrected chi connectivity index (χ2v) is 6.24. The first kappa shape index (κ1) is 14.0. The van der Waals surface area contributed by atoms with Crippen LogP contribution in [-0.2, 0) is 0 Å². The van der Waals surface area contributed by atoms with Crippen LogP contribution in [0.4, 0.5) is 0 Å². The fraction of sp³-hybridized carbons (Fsp3) is 0.600. The lowest BCUT2D eigenvalue weighted by Crippen LogP contribution is -2.31. The van der Waals surface area contributed by atoms with Crippen LogP contribution in [0, 0.1) is 19.3 Å². The molecular formula is C15H25NO. The van der Waals surface area contributed by atoms with Gasteiger partial charge in [0.25, 0.3) is 0 Å². The molecule has 0 amide bonds. The highest BCUT2D eigenvalue weighted by molar-refractivity contribution is 5.43. The van der Waals surface area contributed by atoms with E-state index in [-0.39, 0.29) is 5.41 Å². The quantitative estimate of drug-likeness (QED) is 0.845. The summed E-state index contributed by atoms with van der Waals surface area (Å²) in [7, 11) is 4.21. The van der Waals surface area contributed by atoms with Crippen molar-refractivity contribution in [2.45, 2.75) is 40.7 Å². The molecule has 1 aromatic carbocycles. The molecule has 1 atom stereocenters. The Morgan fingerprint density at radius 3 is 1.76 bits per heavy atom. The molecule has 0 saturated carbocycles. The molecule has 0 radical (unpaired) electrons. The van der Waals surface area contributed by atoms with E-state index in [4.69, 9.17) is 0 Å². The Balaban J connectivity index is 3.30. The summed E-state index contributed by atoms with van der Waals surface area (Å²) in [5, 5.41) is 9.84. The summed E-state index contributed by atoms with van der Waals surface area (Å²) in [6, 6.07) is 4.54. The molecule has 1 aromatic rings. The maximum Gasteiger partial charge on any atom is 0.121 e. The van der Waals surface area contributed by atoms with E-state index >= 15 is 0 Å². The SMILES string of the molecule is Cc1cc(C(N(C)C)C(C)(C)C)cc(C)c1O. The van der Waals surface area contributed by atoms with Crippen LogP contribution in [0.25, 0.3) is 0 Å². The Hall–Kier alpha value is -1.02. The van der Waals surface area contributed by atoms with Gasteiger partial charge in [-0.05, 0) is 50.0 Å². The van der Waals surface area contributed by atoms with Crippen molar-refractivity contribution in [3.63, 3.8) is 0 Å². The molecule has 96 valence electrons. The number of rotatable bonds is 2. The molecule has 0 aliphatic carbocycles. The highest BCUT2D eigenvalue weighted by Gasteiger charge is 2.28. The lowest BCUT2D eigenvalue weighted by molar-refractivity contribution is 0.154. The third-order valence-electron chi connectivity index (χ3n) is 3.17. The van der Waals surface area contributed by atoms with Gasteiger partial charge < -0.3 is 10.0 Å². The third kappa shape index (κ3) is 3.01. The van der Waals surface area contributed by atoms with Crippen LogP contribution in [0.15, 0.2) is 12.1 Å².